The molecule has 3 aromatic carbocycles. The Hall–Kier alpha value is -3.17. The summed E-state index contributed by atoms with van der Waals surface area (Å²) in [6.07, 6.45) is 1.91. The minimum Gasteiger partial charge on any atom is -0.455 e. The van der Waals surface area contributed by atoms with Gasteiger partial charge in [-0.05, 0) is 35.4 Å². The Balaban J connectivity index is 1.56. The first kappa shape index (κ1) is 20.7. The number of hydrogen-bond donors (Lipinski definition) is 0. The van der Waals surface area contributed by atoms with E-state index in [9.17, 15) is 0 Å². The summed E-state index contributed by atoms with van der Waals surface area (Å²) in [4.78, 5) is 4.70. The van der Waals surface area contributed by atoms with E-state index in [2.05, 4.69) is 87.5 Å². The van der Waals surface area contributed by atoms with Gasteiger partial charge in [0, 0.05) is 22.5 Å². The number of benzene rings is 3. The fourth-order valence-electron chi connectivity index (χ4n) is 5.08. The molecule has 0 bridgehead atoms. The molecule has 0 amide bonds. The van der Waals surface area contributed by atoms with Crippen molar-refractivity contribution in [3.63, 3.8) is 0 Å². The van der Waals surface area contributed by atoms with Crippen LogP contribution in [-0.4, -0.2) is 13.1 Å². The number of fused-ring (bicyclic) bond motifs is 3. The van der Waals surface area contributed by atoms with Crippen molar-refractivity contribution in [2.75, 3.05) is 0 Å². The van der Waals surface area contributed by atoms with Crippen LogP contribution in [0.4, 0.5) is 0 Å². The molecule has 0 unspecified atom stereocenters. The lowest BCUT2D eigenvalue weighted by Gasteiger charge is -2.28. The second kappa shape index (κ2) is 8.40. The Morgan fingerprint density at radius 1 is 0.719 bits per heavy atom. The molecule has 5 aromatic rings. The van der Waals surface area contributed by atoms with Gasteiger partial charge in [-0.2, -0.15) is 0 Å². The molecule has 0 fully saturated rings. The quantitative estimate of drug-likeness (QED) is 0.252. The number of rotatable bonds is 6. The maximum absolute atomic E-state index is 6.24. The standard InChI is InChI=1S/C29H29NOSi/c1-4-32(5-2,6-3)23-16-14-21(15-17-23)22-18-19-30-27(20-22)26-12-9-11-25-24-10-7-8-13-28(24)31-29(25)26/h7-20H,4-6H2,1-3H3. The van der Waals surface area contributed by atoms with Crippen LogP contribution < -0.4 is 5.19 Å². The predicted molar refractivity (Wildman–Crippen MR) is 139 cm³/mol. The molecule has 0 aliphatic heterocycles. The Labute approximate surface area is 190 Å². The lowest BCUT2D eigenvalue weighted by atomic mass is 10.0. The van der Waals surface area contributed by atoms with Crippen LogP contribution in [0.15, 0.2) is 89.5 Å². The molecule has 0 aliphatic rings. The van der Waals surface area contributed by atoms with E-state index in [1.54, 1.807) is 5.19 Å². The molecular formula is C29H29NOSi. The molecule has 0 atom stereocenters. The molecule has 3 heteroatoms. The average Bonchev–Trinajstić information content (AvgIpc) is 3.25. The first-order valence-corrected chi connectivity index (χ1v) is 14.3. The summed E-state index contributed by atoms with van der Waals surface area (Å²) in [6, 6.07) is 32.0. The Morgan fingerprint density at radius 2 is 1.44 bits per heavy atom. The molecule has 0 radical (unpaired) electrons. The fourth-order valence-corrected chi connectivity index (χ4v) is 8.68. The Kier molecular flexibility index (Phi) is 5.44. The summed E-state index contributed by atoms with van der Waals surface area (Å²) in [5, 5.41) is 3.86. The van der Waals surface area contributed by atoms with Gasteiger partial charge in [0.05, 0.1) is 13.8 Å². The third-order valence-electron chi connectivity index (χ3n) is 7.30. The van der Waals surface area contributed by atoms with Crippen LogP contribution in [0.1, 0.15) is 20.8 Å². The molecule has 5 rings (SSSR count). The maximum atomic E-state index is 6.24. The third kappa shape index (κ3) is 3.37. The van der Waals surface area contributed by atoms with Gasteiger partial charge in [0.25, 0.3) is 0 Å². The Morgan fingerprint density at radius 3 is 2.19 bits per heavy atom. The van der Waals surface area contributed by atoms with Crippen molar-refractivity contribution in [2.45, 2.75) is 38.9 Å². The molecule has 2 nitrogen and oxygen atoms in total. The minimum absolute atomic E-state index is 0.901. The highest BCUT2D eigenvalue weighted by Crippen LogP contribution is 2.36. The molecule has 0 saturated carbocycles. The van der Waals surface area contributed by atoms with Gasteiger partial charge in [-0.1, -0.05) is 98.7 Å². The van der Waals surface area contributed by atoms with E-state index in [0.717, 1.165) is 33.2 Å². The lowest BCUT2D eigenvalue weighted by molar-refractivity contribution is 0.670. The molecule has 2 aromatic heterocycles. The fraction of sp³-hybridized carbons (Fsp3) is 0.207. The van der Waals surface area contributed by atoms with E-state index in [4.69, 9.17) is 9.40 Å². The van der Waals surface area contributed by atoms with Crippen molar-refractivity contribution in [2.24, 2.45) is 0 Å². The first-order chi connectivity index (χ1) is 15.7. The van der Waals surface area contributed by atoms with E-state index in [0.29, 0.717) is 0 Å². The van der Waals surface area contributed by atoms with Crippen molar-refractivity contribution in [3.8, 4) is 22.4 Å². The lowest BCUT2D eigenvalue weighted by Crippen LogP contribution is -2.45. The second-order valence-electron chi connectivity index (χ2n) is 8.63. The van der Waals surface area contributed by atoms with E-state index >= 15 is 0 Å². The normalized spacial score (nSPS) is 12.0. The zero-order chi connectivity index (χ0) is 22.1. The van der Waals surface area contributed by atoms with Gasteiger partial charge in [0.15, 0.2) is 0 Å². The largest absolute Gasteiger partial charge is 0.455 e. The molecule has 160 valence electrons. The summed E-state index contributed by atoms with van der Waals surface area (Å²) in [6.45, 7) is 7.09. The van der Waals surface area contributed by atoms with Crippen molar-refractivity contribution < 1.29 is 4.42 Å². The van der Waals surface area contributed by atoms with Crippen LogP contribution in [0.2, 0.25) is 18.1 Å². The molecule has 32 heavy (non-hydrogen) atoms. The number of furan rings is 1. The van der Waals surface area contributed by atoms with Crippen LogP contribution in [0.3, 0.4) is 0 Å². The maximum Gasteiger partial charge on any atom is 0.144 e. The monoisotopic (exact) mass is 435 g/mol. The third-order valence-corrected chi connectivity index (χ3v) is 12.9. The number of hydrogen-bond acceptors (Lipinski definition) is 2. The van der Waals surface area contributed by atoms with Gasteiger partial charge >= 0.3 is 0 Å². The highest BCUT2D eigenvalue weighted by atomic mass is 28.3. The highest BCUT2D eigenvalue weighted by Gasteiger charge is 2.28. The molecule has 0 N–H and O–H groups in total. The van der Waals surface area contributed by atoms with Crippen molar-refractivity contribution in [1.82, 2.24) is 4.98 Å². The number of para-hydroxylation sites is 2. The molecule has 0 saturated heterocycles. The van der Waals surface area contributed by atoms with Crippen molar-refractivity contribution in [3.05, 3.63) is 85.1 Å². The van der Waals surface area contributed by atoms with Crippen molar-refractivity contribution >= 4 is 35.2 Å². The van der Waals surface area contributed by atoms with Gasteiger partial charge < -0.3 is 4.42 Å². The smallest absolute Gasteiger partial charge is 0.144 e. The zero-order valence-electron chi connectivity index (χ0n) is 19.1. The van der Waals surface area contributed by atoms with Crippen LogP contribution in [0.5, 0.6) is 0 Å². The molecule has 2 heterocycles. The summed E-state index contributed by atoms with van der Waals surface area (Å²) in [5.41, 5.74) is 6.21. The minimum atomic E-state index is -1.35. The van der Waals surface area contributed by atoms with E-state index < -0.39 is 8.07 Å². The van der Waals surface area contributed by atoms with Crippen LogP contribution >= 0.6 is 0 Å². The Bertz CT molecular complexity index is 1370. The van der Waals surface area contributed by atoms with Crippen LogP contribution in [0.25, 0.3) is 44.3 Å². The van der Waals surface area contributed by atoms with Crippen molar-refractivity contribution in [1.29, 1.82) is 0 Å². The topological polar surface area (TPSA) is 26.0 Å². The number of pyridine rings is 1. The summed E-state index contributed by atoms with van der Waals surface area (Å²) < 4.78 is 6.24. The van der Waals surface area contributed by atoms with Gasteiger partial charge in [-0.3, -0.25) is 4.98 Å². The predicted octanol–water partition coefficient (Wildman–Crippen LogP) is 8.03. The van der Waals surface area contributed by atoms with Gasteiger partial charge in [0.1, 0.15) is 11.2 Å². The second-order valence-corrected chi connectivity index (χ2v) is 13.9. The number of nitrogens with zero attached hydrogens (tertiary/aromatic N) is 1. The molecule has 0 spiro atoms. The van der Waals surface area contributed by atoms with Crippen LogP contribution in [-0.2, 0) is 0 Å². The molecule has 0 aliphatic carbocycles. The summed E-state index contributed by atoms with van der Waals surface area (Å²) in [5.74, 6) is 0. The van der Waals surface area contributed by atoms with Gasteiger partial charge in [-0.25, -0.2) is 0 Å². The summed E-state index contributed by atoms with van der Waals surface area (Å²) in [7, 11) is -1.35. The molecular weight excluding hydrogens is 406 g/mol. The highest BCUT2D eigenvalue weighted by molar-refractivity contribution is 6.91. The average molecular weight is 436 g/mol. The SMILES string of the molecule is CC[Si](CC)(CC)c1ccc(-c2ccnc(-c3cccc4c3oc3ccccc34)c2)cc1. The van der Waals surface area contributed by atoms with E-state index in [1.165, 1.54) is 29.3 Å². The zero-order valence-corrected chi connectivity index (χ0v) is 20.1. The van der Waals surface area contributed by atoms with Crippen LogP contribution in [0, 0.1) is 0 Å². The van der Waals surface area contributed by atoms with Gasteiger partial charge in [0.2, 0.25) is 0 Å². The number of aromatic nitrogens is 1. The van der Waals surface area contributed by atoms with E-state index in [1.807, 2.05) is 18.3 Å². The van der Waals surface area contributed by atoms with Gasteiger partial charge in [-0.15, -0.1) is 0 Å². The summed E-state index contributed by atoms with van der Waals surface area (Å²) >= 11 is 0. The van der Waals surface area contributed by atoms with E-state index in [-0.39, 0.29) is 0 Å². The first-order valence-electron chi connectivity index (χ1n) is 11.7.